The van der Waals surface area contributed by atoms with Gasteiger partial charge in [0, 0.05) is 17.6 Å². The summed E-state index contributed by atoms with van der Waals surface area (Å²) in [6.07, 6.45) is 0. The van der Waals surface area contributed by atoms with Gasteiger partial charge >= 0.3 is 0 Å². The lowest BCUT2D eigenvalue weighted by Gasteiger charge is -2.16. The van der Waals surface area contributed by atoms with Crippen LogP contribution in [-0.4, -0.2) is 6.61 Å². The Morgan fingerprint density at radius 2 is 2.05 bits per heavy atom. The molecule has 0 aliphatic carbocycles. The summed E-state index contributed by atoms with van der Waals surface area (Å²) < 4.78 is 5.30. The zero-order chi connectivity index (χ0) is 15.1. The standard InChI is InChI=1S/C17H17ClN2O/c1-13(16-7-2-3-8-17(16)18)20-12-14-5-4-6-15(11-14)21-10-9-19/h2-8,11,13,20H,10,12H2,1H3/t13-/m1/s1. The first kappa shape index (κ1) is 15.4. The van der Waals surface area contributed by atoms with Crippen molar-refractivity contribution in [2.45, 2.75) is 19.5 Å². The van der Waals surface area contributed by atoms with Crippen molar-refractivity contribution in [2.24, 2.45) is 0 Å². The topological polar surface area (TPSA) is 45.0 Å². The highest BCUT2D eigenvalue weighted by atomic mass is 35.5. The van der Waals surface area contributed by atoms with E-state index < -0.39 is 0 Å². The monoisotopic (exact) mass is 300 g/mol. The van der Waals surface area contributed by atoms with Gasteiger partial charge in [-0.2, -0.15) is 5.26 Å². The van der Waals surface area contributed by atoms with Crippen LogP contribution in [0.3, 0.4) is 0 Å². The summed E-state index contributed by atoms with van der Waals surface area (Å²) >= 11 is 6.19. The van der Waals surface area contributed by atoms with Crippen molar-refractivity contribution < 1.29 is 4.74 Å². The first-order valence-corrected chi connectivity index (χ1v) is 7.15. The van der Waals surface area contributed by atoms with Crippen molar-refractivity contribution in [1.82, 2.24) is 5.32 Å². The van der Waals surface area contributed by atoms with Gasteiger partial charge in [-0.25, -0.2) is 0 Å². The molecule has 2 aromatic rings. The molecule has 0 radical (unpaired) electrons. The van der Waals surface area contributed by atoms with Gasteiger partial charge < -0.3 is 10.1 Å². The number of hydrogen-bond acceptors (Lipinski definition) is 3. The Labute approximate surface area is 130 Å². The first-order valence-electron chi connectivity index (χ1n) is 6.77. The normalized spacial score (nSPS) is 11.7. The average molecular weight is 301 g/mol. The molecular weight excluding hydrogens is 284 g/mol. The lowest BCUT2D eigenvalue weighted by Crippen LogP contribution is -2.18. The summed E-state index contributed by atoms with van der Waals surface area (Å²) in [6, 6.07) is 17.7. The minimum atomic E-state index is 0.0624. The second-order valence-corrected chi connectivity index (χ2v) is 5.13. The zero-order valence-corrected chi connectivity index (χ0v) is 12.6. The van der Waals surface area contributed by atoms with Crippen LogP contribution >= 0.6 is 11.6 Å². The van der Waals surface area contributed by atoms with E-state index in [1.807, 2.05) is 54.6 Å². The number of halogens is 1. The molecule has 0 amide bonds. The molecule has 0 fully saturated rings. The third kappa shape index (κ3) is 4.49. The van der Waals surface area contributed by atoms with E-state index in [2.05, 4.69) is 12.2 Å². The molecule has 0 aliphatic heterocycles. The maximum atomic E-state index is 8.53. The van der Waals surface area contributed by atoms with Crippen LogP contribution in [0.1, 0.15) is 24.1 Å². The van der Waals surface area contributed by atoms with Crippen LogP contribution in [0.5, 0.6) is 5.75 Å². The fraction of sp³-hybridized carbons (Fsp3) is 0.235. The van der Waals surface area contributed by atoms with E-state index in [1.54, 1.807) is 0 Å². The summed E-state index contributed by atoms with van der Waals surface area (Å²) in [5.41, 5.74) is 2.18. The molecule has 1 N–H and O–H groups in total. The molecule has 4 heteroatoms. The number of benzene rings is 2. The highest BCUT2D eigenvalue weighted by molar-refractivity contribution is 6.31. The molecule has 0 spiro atoms. The predicted molar refractivity (Wildman–Crippen MR) is 84.3 cm³/mol. The smallest absolute Gasteiger partial charge is 0.174 e. The molecule has 2 aromatic carbocycles. The molecule has 0 unspecified atom stereocenters. The molecule has 3 nitrogen and oxygen atoms in total. The van der Waals surface area contributed by atoms with Crippen LogP contribution in [0, 0.1) is 11.3 Å². The van der Waals surface area contributed by atoms with Crippen molar-refractivity contribution >= 4 is 11.6 Å². The molecule has 0 aromatic heterocycles. The number of ether oxygens (including phenoxy) is 1. The van der Waals surface area contributed by atoms with E-state index in [0.29, 0.717) is 12.3 Å². The number of rotatable bonds is 6. The van der Waals surface area contributed by atoms with E-state index in [9.17, 15) is 0 Å². The molecule has 0 aliphatic rings. The molecule has 2 rings (SSSR count). The van der Waals surface area contributed by atoms with Gasteiger partial charge in [-0.15, -0.1) is 0 Å². The largest absolute Gasteiger partial charge is 0.479 e. The second kappa shape index (κ2) is 7.68. The summed E-state index contributed by atoms with van der Waals surface area (Å²) in [7, 11) is 0. The molecule has 1 atom stereocenters. The van der Waals surface area contributed by atoms with Gasteiger partial charge in [0.25, 0.3) is 0 Å². The summed E-state index contributed by atoms with van der Waals surface area (Å²) in [4.78, 5) is 0. The fourth-order valence-electron chi connectivity index (χ4n) is 2.07. The maximum absolute atomic E-state index is 8.53. The van der Waals surface area contributed by atoms with E-state index in [-0.39, 0.29) is 12.6 Å². The molecular formula is C17H17ClN2O. The van der Waals surface area contributed by atoms with Gasteiger partial charge in [0.05, 0.1) is 0 Å². The van der Waals surface area contributed by atoms with Gasteiger partial charge in [-0.3, -0.25) is 0 Å². The lowest BCUT2D eigenvalue weighted by molar-refractivity contribution is 0.367. The van der Waals surface area contributed by atoms with Crippen molar-refractivity contribution in [2.75, 3.05) is 6.61 Å². The van der Waals surface area contributed by atoms with Crippen molar-refractivity contribution in [3.63, 3.8) is 0 Å². The van der Waals surface area contributed by atoms with Crippen molar-refractivity contribution in [1.29, 1.82) is 5.26 Å². The number of nitriles is 1. The number of nitrogens with one attached hydrogen (secondary N) is 1. The predicted octanol–water partition coefficient (Wildman–Crippen LogP) is 4.09. The minimum Gasteiger partial charge on any atom is -0.479 e. The Morgan fingerprint density at radius 1 is 1.24 bits per heavy atom. The van der Waals surface area contributed by atoms with E-state index >= 15 is 0 Å². The molecule has 0 heterocycles. The fourth-order valence-corrected chi connectivity index (χ4v) is 2.37. The summed E-state index contributed by atoms with van der Waals surface area (Å²) in [5, 5.41) is 12.7. The Balaban J connectivity index is 1.97. The Morgan fingerprint density at radius 3 is 2.81 bits per heavy atom. The zero-order valence-electron chi connectivity index (χ0n) is 11.8. The Hall–Kier alpha value is -2.02. The van der Waals surface area contributed by atoms with Gasteiger partial charge in [0.1, 0.15) is 11.8 Å². The van der Waals surface area contributed by atoms with Crippen LogP contribution in [-0.2, 0) is 6.54 Å². The quantitative estimate of drug-likeness (QED) is 0.874. The molecule has 108 valence electrons. The van der Waals surface area contributed by atoms with E-state index in [1.165, 1.54) is 0 Å². The summed E-state index contributed by atoms with van der Waals surface area (Å²) in [5.74, 6) is 0.709. The van der Waals surface area contributed by atoms with Crippen LogP contribution in [0.2, 0.25) is 5.02 Å². The van der Waals surface area contributed by atoms with Gasteiger partial charge in [-0.05, 0) is 36.2 Å². The van der Waals surface area contributed by atoms with E-state index in [0.717, 1.165) is 16.1 Å². The highest BCUT2D eigenvalue weighted by Crippen LogP contribution is 2.22. The van der Waals surface area contributed by atoms with Gasteiger partial charge in [-0.1, -0.05) is 41.9 Å². The molecule has 21 heavy (non-hydrogen) atoms. The SMILES string of the molecule is C[C@@H](NCc1cccc(OCC#N)c1)c1ccccc1Cl. The van der Waals surface area contributed by atoms with Crippen LogP contribution in [0.4, 0.5) is 0 Å². The molecule has 0 saturated heterocycles. The number of nitrogens with zero attached hydrogens (tertiary/aromatic N) is 1. The van der Waals surface area contributed by atoms with Gasteiger partial charge in [0.15, 0.2) is 6.61 Å². The average Bonchev–Trinajstić information content (AvgIpc) is 2.51. The van der Waals surface area contributed by atoms with E-state index in [4.69, 9.17) is 21.6 Å². The highest BCUT2D eigenvalue weighted by Gasteiger charge is 2.08. The second-order valence-electron chi connectivity index (χ2n) is 4.72. The third-order valence-electron chi connectivity index (χ3n) is 3.19. The van der Waals surface area contributed by atoms with Crippen LogP contribution in [0.15, 0.2) is 48.5 Å². The Kier molecular flexibility index (Phi) is 5.62. The molecule has 0 saturated carbocycles. The van der Waals surface area contributed by atoms with Crippen LogP contribution in [0.25, 0.3) is 0 Å². The Bertz CT molecular complexity index is 637. The third-order valence-corrected chi connectivity index (χ3v) is 3.53. The minimum absolute atomic E-state index is 0.0624. The lowest BCUT2D eigenvalue weighted by atomic mass is 10.1. The first-order chi connectivity index (χ1) is 10.2. The van der Waals surface area contributed by atoms with Gasteiger partial charge in [0.2, 0.25) is 0 Å². The maximum Gasteiger partial charge on any atom is 0.174 e. The van der Waals surface area contributed by atoms with Crippen molar-refractivity contribution in [3.05, 3.63) is 64.7 Å². The number of hydrogen-bond donors (Lipinski definition) is 1. The van der Waals surface area contributed by atoms with Crippen LogP contribution < -0.4 is 10.1 Å². The molecule has 0 bridgehead atoms. The summed E-state index contributed by atoms with van der Waals surface area (Å²) in [6.45, 7) is 2.85. The van der Waals surface area contributed by atoms with Crippen molar-refractivity contribution in [3.8, 4) is 11.8 Å².